The number of anilines is 1. The molecule has 0 heterocycles. The van der Waals surface area contributed by atoms with Crippen LogP contribution >= 0.6 is 0 Å². The van der Waals surface area contributed by atoms with Crippen molar-refractivity contribution in [2.75, 3.05) is 19.0 Å². The van der Waals surface area contributed by atoms with Gasteiger partial charge >= 0.3 is 0 Å². The van der Waals surface area contributed by atoms with E-state index in [0.717, 1.165) is 24.1 Å². The zero-order chi connectivity index (χ0) is 11.5. The van der Waals surface area contributed by atoms with Gasteiger partial charge in [-0.2, -0.15) is 0 Å². The summed E-state index contributed by atoms with van der Waals surface area (Å²) in [4.78, 5) is 2.04. The molecule has 1 aromatic rings. The van der Waals surface area contributed by atoms with Crippen LogP contribution in [0.3, 0.4) is 0 Å². The number of nitrogens with zero attached hydrogens (tertiary/aromatic N) is 1. The summed E-state index contributed by atoms with van der Waals surface area (Å²) in [5.74, 6) is 0. The fourth-order valence-electron chi connectivity index (χ4n) is 1.94. The minimum Gasteiger partial charge on any atom is -0.385 e. The number of benzene rings is 1. The molecule has 0 bridgehead atoms. The van der Waals surface area contributed by atoms with Gasteiger partial charge in [-0.25, -0.2) is 0 Å². The number of para-hydroxylation sites is 1. The van der Waals surface area contributed by atoms with Crippen molar-refractivity contribution in [2.24, 2.45) is 0 Å². The van der Waals surface area contributed by atoms with E-state index in [4.69, 9.17) is 0 Å². The Morgan fingerprint density at radius 1 is 1.27 bits per heavy atom. The Bertz CT molecular complexity index is 318. The van der Waals surface area contributed by atoms with Crippen LogP contribution in [0.15, 0.2) is 24.3 Å². The molecule has 2 heteroatoms. The van der Waals surface area contributed by atoms with Gasteiger partial charge in [0.2, 0.25) is 0 Å². The predicted octanol–water partition coefficient (Wildman–Crippen LogP) is 2.76. The van der Waals surface area contributed by atoms with Crippen LogP contribution in [0.25, 0.3) is 0 Å². The van der Waals surface area contributed by atoms with E-state index in [9.17, 15) is 5.11 Å². The van der Waals surface area contributed by atoms with Gasteiger partial charge in [-0.05, 0) is 19.4 Å². The molecule has 0 spiro atoms. The molecule has 0 aliphatic carbocycles. The van der Waals surface area contributed by atoms with Crippen molar-refractivity contribution in [3.63, 3.8) is 0 Å². The van der Waals surface area contributed by atoms with Gasteiger partial charge in [-0.15, -0.1) is 0 Å². The van der Waals surface area contributed by atoms with Crippen LogP contribution in [0.4, 0.5) is 5.69 Å². The zero-order valence-electron chi connectivity index (χ0n) is 10.1. The predicted molar refractivity (Wildman–Crippen MR) is 65.2 cm³/mol. The van der Waals surface area contributed by atoms with E-state index in [2.05, 4.69) is 6.92 Å². The molecule has 0 aromatic heterocycles. The lowest BCUT2D eigenvalue weighted by Crippen LogP contribution is -2.24. The number of hydrogen-bond donors (Lipinski definition) is 1. The summed E-state index contributed by atoms with van der Waals surface area (Å²) in [5.41, 5.74) is 1.38. The van der Waals surface area contributed by atoms with Crippen molar-refractivity contribution < 1.29 is 5.11 Å². The fourth-order valence-corrected chi connectivity index (χ4v) is 1.94. The van der Waals surface area contributed by atoms with Gasteiger partial charge < -0.3 is 10.0 Å². The van der Waals surface area contributed by atoms with E-state index in [-0.39, 0.29) is 0 Å². The Kier molecular flexibility index (Phi) is 3.75. The Labute approximate surface area is 92.5 Å². The third-order valence-corrected chi connectivity index (χ3v) is 2.70. The maximum atomic E-state index is 10.4. The second kappa shape index (κ2) is 4.67. The van der Waals surface area contributed by atoms with Crippen molar-refractivity contribution in [3.05, 3.63) is 29.8 Å². The van der Waals surface area contributed by atoms with Gasteiger partial charge in [-0.3, -0.25) is 0 Å². The maximum absolute atomic E-state index is 10.4. The van der Waals surface area contributed by atoms with Gasteiger partial charge in [0.1, 0.15) is 0 Å². The van der Waals surface area contributed by atoms with E-state index in [1.54, 1.807) is 0 Å². The lowest BCUT2D eigenvalue weighted by molar-refractivity contribution is 0.0475. The largest absolute Gasteiger partial charge is 0.385 e. The molecule has 84 valence electrons. The quantitative estimate of drug-likeness (QED) is 0.820. The molecular formula is C13H21NO. The van der Waals surface area contributed by atoms with Crippen LogP contribution in [0.2, 0.25) is 0 Å². The van der Waals surface area contributed by atoms with Crippen LogP contribution in [0, 0.1) is 0 Å². The smallest absolute Gasteiger partial charge is 0.0888 e. The molecule has 0 saturated heterocycles. The molecule has 0 fully saturated rings. The third-order valence-electron chi connectivity index (χ3n) is 2.70. The summed E-state index contributed by atoms with van der Waals surface area (Å²) in [6, 6.07) is 8.03. The van der Waals surface area contributed by atoms with Crippen LogP contribution in [-0.4, -0.2) is 19.2 Å². The SMILES string of the molecule is CCCC(C)(O)c1ccccc1N(C)C. The topological polar surface area (TPSA) is 23.5 Å². The summed E-state index contributed by atoms with van der Waals surface area (Å²) >= 11 is 0. The Hall–Kier alpha value is -1.02. The summed E-state index contributed by atoms with van der Waals surface area (Å²) in [7, 11) is 4.00. The molecule has 1 aromatic carbocycles. The lowest BCUT2D eigenvalue weighted by atomic mass is 9.90. The molecule has 0 radical (unpaired) electrons. The van der Waals surface area contributed by atoms with E-state index >= 15 is 0 Å². The highest BCUT2D eigenvalue weighted by Gasteiger charge is 2.25. The highest BCUT2D eigenvalue weighted by molar-refractivity contribution is 5.54. The minimum absolute atomic E-state index is 0.727. The van der Waals surface area contributed by atoms with Crippen LogP contribution in [0.5, 0.6) is 0 Å². The maximum Gasteiger partial charge on any atom is 0.0888 e. The molecular weight excluding hydrogens is 186 g/mol. The second-order valence-corrected chi connectivity index (χ2v) is 4.44. The van der Waals surface area contributed by atoms with Gasteiger partial charge in [0.15, 0.2) is 0 Å². The van der Waals surface area contributed by atoms with Gasteiger partial charge in [0.05, 0.1) is 5.60 Å². The molecule has 15 heavy (non-hydrogen) atoms. The molecule has 1 rings (SSSR count). The average molecular weight is 207 g/mol. The Morgan fingerprint density at radius 3 is 2.40 bits per heavy atom. The van der Waals surface area contributed by atoms with Crippen LogP contribution < -0.4 is 4.90 Å². The normalized spacial score (nSPS) is 14.7. The first kappa shape index (κ1) is 12.1. The van der Waals surface area contributed by atoms with E-state index < -0.39 is 5.60 Å². The van der Waals surface area contributed by atoms with Crippen molar-refractivity contribution in [1.29, 1.82) is 0 Å². The van der Waals surface area contributed by atoms with Gasteiger partial charge in [0, 0.05) is 25.3 Å². The first-order valence-corrected chi connectivity index (χ1v) is 5.48. The van der Waals surface area contributed by atoms with Crippen LogP contribution in [0.1, 0.15) is 32.3 Å². The Morgan fingerprint density at radius 2 is 1.87 bits per heavy atom. The van der Waals surface area contributed by atoms with Crippen molar-refractivity contribution in [2.45, 2.75) is 32.3 Å². The number of rotatable bonds is 4. The van der Waals surface area contributed by atoms with E-state index in [1.165, 1.54) is 0 Å². The molecule has 0 amide bonds. The molecule has 2 nitrogen and oxygen atoms in total. The lowest BCUT2D eigenvalue weighted by Gasteiger charge is -2.28. The third kappa shape index (κ3) is 2.72. The zero-order valence-corrected chi connectivity index (χ0v) is 10.1. The summed E-state index contributed by atoms with van der Waals surface area (Å²) in [5, 5.41) is 10.4. The van der Waals surface area contributed by atoms with Crippen molar-refractivity contribution in [3.8, 4) is 0 Å². The Balaban J connectivity index is 3.12. The molecule has 0 aliphatic heterocycles. The van der Waals surface area contributed by atoms with Crippen molar-refractivity contribution >= 4 is 5.69 Å². The molecule has 1 unspecified atom stereocenters. The summed E-state index contributed by atoms with van der Waals surface area (Å²) in [6.45, 7) is 3.98. The van der Waals surface area contributed by atoms with Gasteiger partial charge in [0.25, 0.3) is 0 Å². The number of aliphatic hydroxyl groups is 1. The molecule has 1 N–H and O–H groups in total. The molecule has 0 aliphatic rings. The monoisotopic (exact) mass is 207 g/mol. The van der Waals surface area contributed by atoms with Crippen molar-refractivity contribution in [1.82, 2.24) is 0 Å². The fraction of sp³-hybridized carbons (Fsp3) is 0.538. The first-order chi connectivity index (χ1) is 6.99. The molecule has 0 saturated carbocycles. The average Bonchev–Trinajstić information content (AvgIpc) is 2.17. The standard InChI is InChI=1S/C13H21NO/c1-5-10-13(2,15)11-8-6-7-9-12(11)14(3)4/h6-9,15H,5,10H2,1-4H3. The highest BCUT2D eigenvalue weighted by Crippen LogP contribution is 2.32. The van der Waals surface area contributed by atoms with E-state index in [0.29, 0.717) is 0 Å². The highest BCUT2D eigenvalue weighted by atomic mass is 16.3. The van der Waals surface area contributed by atoms with Gasteiger partial charge in [-0.1, -0.05) is 31.5 Å². The van der Waals surface area contributed by atoms with Crippen LogP contribution in [-0.2, 0) is 5.60 Å². The molecule has 1 atom stereocenters. The summed E-state index contributed by atoms with van der Waals surface area (Å²) in [6.07, 6.45) is 1.77. The minimum atomic E-state index is -0.727. The first-order valence-electron chi connectivity index (χ1n) is 5.48. The van der Waals surface area contributed by atoms with E-state index in [1.807, 2.05) is 50.2 Å². The summed E-state index contributed by atoms with van der Waals surface area (Å²) < 4.78 is 0. The number of hydrogen-bond acceptors (Lipinski definition) is 2. The second-order valence-electron chi connectivity index (χ2n) is 4.44.